The van der Waals surface area contributed by atoms with Crippen molar-refractivity contribution in [1.82, 2.24) is 20.1 Å². The van der Waals surface area contributed by atoms with Crippen molar-refractivity contribution in [2.75, 3.05) is 38.5 Å². The maximum Gasteiger partial charge on any atom is 0.321 e. The molecule has 3 heterocycles. The summed E-state index contributed by atoms with van der Waals surface area (Å²) < 4.78 is 0. The minimum atomic E-state index is -0.144. The number of carbonyl (C=O) groups is 1. The van der Waals surface area contributed by atoms with Gasteiger partial charge in [-0.3, -0.25) is 5.32 Å². The SMILES string of the molecule is Cc1ccc(-c2cnc(NC(=O)NC3CCN(C4CCN(C)CC4)CC3)s2)c(C)c1. The number of anilines is 1. The van der Waals surface area contributed by atoms with Crippen LogP contribution in [0.25, 0.3) is 10.4 Å². The molecule has 0 spiro atoms. The summed E-state index contributed by atoms with van der Waals surface area (Å²) in [6.45, 7) is 8.76. The third-order valence-corrected chi connectivity index (χ3v) is 7.39. The van der Waals surface area contributed by atoms with Crippen molar-refractivity contribution in [1.29, 1.82) is 0 Å². The second-order valence-electron chi connectivity index (χ2n) is 8.79. The van der Waals surface area contributed by atoms with Crippen molar-refractivity contribution in [2.45, 2.75) is 51.6 Å². The Labute approximate surface area is 183 Å². The predicted octanol–water partition coefficient (Wildman–Crippen LogP) is 4.11. The van der Waals surface area contributed by atoms with Crippen LogP contribution in [0.15, 0.2) is 24.4 Å². The molecule has 2 aliphatic rings. The van der Waals surface area contributed by atoms with Gasteiger partial charge in [0.15, 0.2) is 5.13 Å². The topological polar surface area (TPSA) is 60.5 Å². The smallest absolute Gasteiger partial charge is 0.321 e. The largest absolute Gasteiger partial charge is 0.335 e. The van der Waals surface area contributed by atoms with Gasteiger partial charge in [0.1, 0.15) is 0 Å². The summed E-state index contributed by atoms with van der Waals surface area (Å²) in [5, 5.41) is 6.72. The molecule has 4 rings (SSSR count). The predicted molar refractivity (Wildman–Crippen MR) is 124 cm³/mol. The molecule has 0 aliphatic carbocycles. The first kappa shape index (κ1) is 21.3. The van der Waals surface area contributed by atoms with Crippen molar-refractivity contribution in [3.63, 3.8) is 0 Å². The maximum atomic E-state index is 12.5. The highest BCUT2D eigenvalue weighted by Gasteiger charge is 2.28. The summed E-state index contributed by atoms with van der Waals surface area (Å²) in [6, 6.07) is 7.22. The number of nitrogens with one attached hydrogen (secondary N) is 2. The lowest BCUT2D eigenvalue weighted by atomic mass is 9.98. The van der Waals surface area contributed by atoms with Gasteiger partial charge in [-0.2, -0.15) is 0 Å². The second kappa shape index (κ2) is 9.45. The van der Waals surface area contributed by atoms with Gasteiger partial charge in [0, 0.05) is 31.4 Å². The first-order valence-corrected chi connectivity index (χ1v) is 11.8. The van der Waals surface area contributed by atoms with Gasteiger partial charge in [-0.05, 0) is 70.8 Å². The number of aromatic nitrogens is 1. The van der Waals surface area contributed by atoms with E-state index in [0.29, 0.717) is 5.13 Å². The van der Waals surface area contributed by atoms with Gasteiger partial charge >= 0.3 is 6.03 Å². The Bertz CT molecular complexity index is 866. The highest BCUT2D eigenvalue weighted by atomic mass is 32.1. The van der Waals surface area contributed by atoms with E-state index in [9.17, 15) is 4.79 Å². The average Bonchev–Trinajstić information content (AvgIpc) is 3.17. The molecule has 0 unspecified atom stereocenters. The highest BCUT2D eigenvalue weighted by Crippen LogP contribution is 2.31. The van der Waals surface area contributed by atoms with Crippen LogP contribution in [0.3, 0.4) is 0 Å². The molecule has 0 radical (unpaired) electrons. The number of carbonyl (C=O) groups excluding carboxylic acids is 1. The van der Waals surface area contributed by atoms with Crippen LogP contribution >= 0.6 is 11.3 Å². The monoisotopic (exact) mass is 427 g/mol. The number of piperidine rings is 2. The van der Waals surface area contributed by atoms with Gasteiger partial charge in [-0.25, -0.2) is 9.78 Å². The van der Waals surface area contributed by atoms with Gasteiger partial charge in [-0.15, -0.1) is 0 Å². The number of aryl methyl sites for hydroxylation is 2. The lowest BCUT2D eigenvalue weighted by Crippen LogP contribution is -2.51. The van der Waals surface area contributed by atoms with Crippen molar-refractivity contribution >= 4 is 22.5 Å². The summed E-state index contributed by atoms with van der Waals surface area (Å²) in [7, 11) is 2.21. The van der Waals surface area contributed by atoms with Crippen LogP contribution in [0.1, 0.15) is 36.8 Å². The summed E-state index contributed by atoms with van der Waals surface area (Å²) in [6.07, 6.45) is 6.42. The fourth-order valence-electron chi connectivity index (χ4n) is 4.63. The van der Waals surface area contributed by atoms with Crippen LogP contribution < -0.4 is 10.6 Å². The minimum absolute atomic E-state index is 0.144. The molecule has 162 valence electrons. The standard InChI is InChI=1S/C23H33N5OS/c1-16-4-5-20(17(2)14-16)21-15-24-23(30-21)26-22(29)25-18-6-12-28(13-7-18)19-8-10-27(3)11-9-19/h4-5,14-15,18-19H,6-13H2,1-3H3,(H2,24,25,26,29). The molecule has 0 bridgehead atoms. The molecule has 2 saturated heterocycles. The number of benzene rings is 1. The Hall–Kier alpha value is -1.96. The van der Waals surface area contributed by atoms with E-state index in [4.69, 9.17) is 0 Å². The third-order valence-electron chi connectivity index (χ3n) is 6.44. The quantitative estimate of drug-likeness (QED) is 0.771. The van der Waals surface area contributed by atoms with Gasteiger partial charge in [0.25, 0.3) is 0 Å². The lowest BCUT2D eigenvalue weighted by Gasteiger charge is -2.41. The first-order valence-electron chi connectivity index (χ1n) is 11.0. The summed E-state index contributed by atoms with van der Waals surface area (Å²) in [5.74, 6) is 0. The number of hydrogen-bond acceptors (Lipinski definition) is 5. The Balaban J connectivity index is 1.25. The van der Waals surface area contributed by atoms with Crippen LogP contribution in [-0.4, -0.2) is 66.1 Å². The van der Waals surface area contributed by atoms with Crippen LogP contribution in [-0.2, 0) is 0 Å². The Morgan fingerprint density at radius 2 is 1.83 bits per heavy atom. The molecule has 2 aromatic rings. The van der Waals surface area contributed by atoms with E-state index in [0.717, 1.165) is 36.9 Å². The first-order chi connectivity index (χ1) is 14.5. The molecule has 30 heavy (non-hydrogen) atoms. The Kier molecular flexibility index (Phi) is 6.71. The molecule has 2 aliphatic heterocycles. The van der Waals surface area contributed by atoms with E-state index in [-0.39, 0.29) is 12.1 Å². The number of likely N-dealkylation sites (tertiary alicyclic amines) is 2. The van der Waals surface area contributed by atoms with Crippen LogP contribution in [0, 0.1) is 13.8 Å². The number of nitrogens with zero attached hydrogens (tertiary/aromatic N) is 3. The summed E-state index contributed by atoms with van der Waals surface area (Å²) in [5.41, 5.74) is 3.65. The molecule has 0 atom stereocenters. The van der Waals surface area contributed by atoms with Gasteiger partial charge in [-0.1, -0.05) is 35.1 Å². The number of hydrogen-bond donors (Lipinski definition) is 2. The zero-order chi connectivity index (χ0) is 21.1. The van der Waals surface area contributed by atoms with Crippen LogP contribution in [0.2, 0.25) is 0 Å². The molecule has 2 fully saturated rings. The average molecular weight is 428 g/mol. The van der Waals surface area contributed by atoms with Crippen molar-refractivity contribution < 1.29 is 4.79 Å². The molecule has 0 saturated carbocycles. The number of urea groups is 1. The second-order valence-corrected chi connectivity index (χ2v) is 9.82. The van der Waals surface area contributed by atoms with E-state index in [2.05, 4.69) is 64.5 Å². The zero-order valence-electron chi connectivity index (χ0n) is 18.3. The molecule has 2 amide bonds. The third kappa shape index (κ3) is 5.20. The zero-order valence-corrected chi connectivity index (χ0v) is 19.1. The molecule has 1 aromatic carbocycles. The van der Waals surface area contributed by atoms with E-state index >= 15 is 0 Å². The minimum Gasteiger partial charge on any atom is -0.335 e. The van der Waals surface area contributed by atoms with Gasteiger partial charge in [0.05, 0.1) is 4.88 Å². The van der Waals surface area contributed by atoms with E-state index in [1.54, 1.807) is 0 Å². The Morgan fingerprint density at radius 1 is 1.10 bits per heavy atom. The molecule has 6 nitrogen and oxygen atoms in total. The summed E-state index contributed by atoms with van der Waals surface area (Å²) >= 11 is 1.52. The van der Waals surface area contributed by atoms with E-state index < -0.39 is 0 Å². The summed E-state index contributed by atoms with van der Waals surface area (Å²) in [4.78, 5) is 23.0. The molecule has 7 heteroatoms. The fraction of sp³-hybridized carbons (Fsp3) is 0.565. The van der Waals surface area contributed by atoms with Crippen LogP contribution in [0.5, 0.6) is 0 Å². The van der Waals surface area contributed by atoms with Crippen molar-refractivity contribution in [2.24, 2.45) is 0 Å². The van der Waals surface area contributed by atoms with E-state index in [1.165, 1.54) is 54.0 Å². The molecular weight excluding hydrogens is 394 g/mol. The van der Waals surface area contributed by atoms with Gasteiger partial charge in [0.2, 0.25) is 0 Å². The maximum absolute atomic E-state index is 12.5. The molecule has 1 aromatic heterocycles. The van der Waals surface area contributed by atoms with Crippen molar-refractivity contribution in [3.05, 3.63) is 35.5 Å². The van der Waals surface area contributed by atoms with E-state index in [1.807, 2.05) is 6.20 Å². The van der Waals surface area contributed by atoms with Gasteiger partial charge < -0.3 is 15.1 Å². The number of amides is 2. The highest BCUT2D eigenvalue weighted by molar-refractivity contribution is 7.19. The van der Waals surface area contributed by atoms with Crippen molar-refractivity contribution in [3.8, 4) is 10.4 Å². The Morgan fingerprint density at radius 3 is 2.53 bits per heavy atom. The normalized spacial score (nSPS) is 19.7. The van der Waals surface area contributed by atoms with Crippen LogP contribution in [0.4, 0.5) is 9.93 Å². The lowest BCUT2D eigenvalue weighted by molar-refractivity contribution is 0.0938. The number of rotatable bonds is 4. The molecule has 2 N–H and O–H groups in total. The molecular formula is C23H33N5OS. The fourth-order valence-corrected chi connectivity index (χ4v) is 5.54. The number of thiazole rings is 1.